The van der Waals surface area contributed by atoms with Crippen molar-refractivity contribution in [3.63, 3.8) is 0 Å². The number of nitro groups is 1. The molecule has 0 saturated carbocycles. The molecular formula is C11H7N5O3. The zero-order valence-corrected chi connectivity index (χ0v) is 9.55. The number of benzene rings is 1. The van der Waals surface area contributed by atoms with Crippen LogP contribution in [0.15, 0.2) is 30.6 Å². The minimum absolute atomic E-state index is 0.146. The van der Waals surface area contributed by atoms with Crippen molar-refractivity contribution in [3.05, 3.63) is 51.8 Å². The average molecular weight is 257 g/mol. The number of rotatable bonds is 4. The molecule has 19 heavy (non-hydrogen) atoms. The second-order valence-corrected chi connectivity index (χ2v) is 3.61. The van der Waals surface area contributed by atoms with Gasteiger partial charge in [0.25, 0.3) is 0 Å². The molecule has 0 radical (unpaired) electrons. The summed E-state index contributed by atoms with van der Waals surface area (Å²) in [5.41, 5.74) is 0.852. The number of nitrogens with zero attached hydrogens (tertiary/aromatic N) is 5. The van der Waals surface area contributed by atoms with E-state index < -0.39 is 10.9 Å². The fraction of sp³-hybridized carbons (Fsp3) is 0.0909. The van der Waals surface area contributed by atoms with Gasteiger partial charge in [0.2, 0.25) is 6.33 Å². The van der Waals surface area contributed by atoms with Gasteiger partial charge in [-0.25, -0.2) is 0 Å². The topological polar surface area (TPSA) is 115 Å². The molecule has 8 nitrogen and oxygen atoms in total. The predicted octanol–water partition coefficient (Wildman–Crippen LogP) is 0.941. The van der Waals surface area contributed by atoms with E-state index in [-0.39, 0.29) is 12.3 Å². The van der Waals surface area contributed by atoms with Gasteiger partial charge in [-0.1, -0.05) is 17.1 Å². The summed E-state index contributed by atoms with van der Waals surface area (Å²) in [6.45, 7) is -0.146. The first-order valence-electron chi connectivity index (χ1n) is 5.17. The Bertz CT molecular complexity index is 668. The Morgan fingerprint density at radius 2 is 2.11 bits per heavy atom. The van der Waals surface area contributed by atoms with Gasteiger partial charge in [-0.2, -0.15) is 9.94 Å². The Morgan fingerprint density at radius 1 is 1.42 bits per heavy atom. The summed E-state index contributed by atoms with van der Waals surface area (Å²) in [6, 6.07) is 8.03. The molecule has 1 heterocycles. The summed E-state index contributed by atoms with van der Waals surface area (Å²) in [4.78, 5) is 25.0. The molecule has 0 aliphatic carbocycles. The quantitative estimate of drug-likeness (QED) is 0.457. The third kappa shape index (κ3) is 2.78. The maximum absolute atomic E-state index is 11.9. The molecule has 0 fully saturated rings. The Balaban J connectivity index is 2.11. The van der Waals surface area contributed by atoms with Gasteiger partial charge in [-0.3, -0.25) is 4.79 Å². The number of carbonyl (C=O) groups is 1. The Hall–Kier alpha value is -3.08. The highest BCUT2D eigenvalue weighted by Crippen LogP contribution is 2.06. The van der Waals surface area contributed by atoms with Crippen molar-refractivity contribution in [1.29, 1.82) is 5.26 Å². The molecule has 0 aliphatic rings. The number of Topliss-reactive ketones (excluding diaryl/α,β-unsaturated/α-hetero) is 1. The van der Waals surface area contributed by atoms with Crippen LogP contribution in [-0.4, -0.2) is 25.5 Å². The maximum atomic E-state index is 11.9. The Kier molecular flexibility index (Phi) is 3.29. The van der Waals surface area contributed by atoms with Gasteiger partial charge >= 0.3 is 5.95 Å². The van der Waals surface area contributed by atoms with Crippen LogP contribution in [0.2, 0.25) is 0 Å². The number of hydrogen-bond acceptors (Lipinski definition) is 6. The molecule has 0 amide bonds. The van der Waals surface area contributed by atoms with Crippen molar-refractivity contribution in [2.75, 3.05) is 0 Å². The Morgan fingerprint density at radius 3 is 2.63 bits per heavy atom. The molecule has 0 atom stereocenters. The molecule has 0 N–H and O–H groups in total. The summed E-state index contributed by atoms with van der Waals surface area (Å²) in [6.07, 6.45) is 1.12. The van der Waals surface area contributed by atoms with E-state index in [1.165, 1.54) is 24.3 Å². The minimum Gasteiger partial charge on any atom is -0.390 e. The van der Waals surface area contributed by atoms with Crippen LogP contribution in [0.25, 0.3) is 0 Å². The van der Waals surface area contributed by atoms with Crippen molar-refractivity contribution in [2.24, 2.45) is 0 Å². The van der Waals surface area contributed by atoms with E-state index in [1.807, 2.05) is 6.07 Å². The van der Waals surface area contributed by atoms with Gasteiger partial charge in [0.1, 0.15) is 6.54 Å². The number of carbonyl (C=O) groups excluding carboxylic acids is 1. The molecule has 1 aromatic heterocycles. The molecular weight excluding hydrogens is 250 g/mol. The smallest absolute Gasteiger partial charge is 0.390 e. The van der Waals surface area contributed by atoms with Crippen molar-refractivity contribution < 1.29 is 9.72 Å². The summed E-state index contributed by atoms with van der Waals surface area (Å²) < 4.78 is 1.10. The summed E-state index contributed by atoms with van der Waals surface area (Å²) in [7, 11) is 0. The lowest BCUT2D eigenvalue weighted by Gasteiger charge is -1.98. The first-order valence-corrected chi connectivity index (χ1v) is 5.17. The van der Waals surface area contributed by atoms with Crippen molar-refractivity contribution in [2.45, 2.75) is 6.54 Å². The van der Waals surface area contributed by atoms with Crippen LogP contribution in [0.5, 0.6) is 0 Å². The lowest BCUT2D eigenvalue weighted by molar-refractivity contribution is -0.394. The van der Waals surface area contributed by atoms with Crippen LogP contribution < -0.4 is 0 Å². The van der Waals surface area contributed by atoms with Gasteiger partial charge in [-0.15, -0.1) is 0 Å². The molecule has 94 valence electrons. The van der Waals surface area contributed by atoms with Crippen molar-refractivity contribution in [3.8, 4) is 6.07 Å². The monoisotopic (exact) mass is 257 g/mol. The van der Waals surface area contributed by atoms with E-state index in [9.17, 15) is 14.9 Å². The molecule has 2 rings (SSSR count). The van der Waals surface area contributed by atoms with Crippen LogP contribution in [0.3, 0.4) is 0 Å². The molecule has 0 unspecified atom stereocenters. The standard InChI is InChI=1S/C11H7N5O3/c12-5-8-1-3-9(4-2-8)10(17)6-15-7-13-11(14-15)16(18)19/h1-4,7H,6H2. The number of nitriles is 1. The van der Waals surface area contributed by atoms with E-state index >= 15 is 0 Å². The lowest BCUT2D eigenvalue weighted by atomic mass is 10.1. The summed E-state index contributed by atoms with van der Waals surface area (Å²) in [5.74, 6) is -0.822. The highest BCUT2D eigenvalue weighted by Gasteiger charge is 2.16. The van der Waals surface area contributed by atoms with Crippen LogP contribution in [0.4, 0.5) is 5.95 Å². The highest BCUT2D eigenvalue weighted by atomic mass is 16.6. The summed E-state index contributed by atoms with van der Waals surface area (Å²) in [5, 5.41) is 22.6. The third-order valence-corrected chi connectivity index (χ3v) is 2.33. The molecule has 2 aromatic rings. The van der Waals surface area contributed by atoms with Crippen LogP contribution in [0, 0.1) is 21.4 Å². The number of aromatic nitrogens is 3. The van der Waals surface area contributed by atoms with Gasteiger partial charge in [0.05, 0.1) is 11.6 Å². The fourth-order valence-electron chi connectivity index (χ4n) is 1.41. The minimum atomic E-state index is -0.733. The fourth-order valence-corrected chi connectivity index (χ4v) is 1.41. The van der Waals surface area contributed by atoms with Crippen molar-refractivity contribution in [1.82, 2.24) is 14.8 Å². The average Bonchev–Trinajstić information content (AvgIpc) is 2.87. The molecule has 0 spiro atoms. The lowest BCUT2D eigenvalue weighted by Crippen LogP contribution is -2.11. The van der Waals surface area contributed by atoms with E-state index in [0.717, 1.165) is 11.0 Å². The molecule has 8 heteroatoms. The van der Waals surface area contributed by atoms with Gasteiger partial charge in [0, 0.05) is 10.7 Å². The molecule has 0 bridgehead atoms. The predicted molar refractivity (Wildman–Crippen MR) is 62.2 cm³/mol. The number of hydrogen-bond donors (Lipinski definition) is 0. The van der Waals surface area contributed by atoms with Gasteiger partial charge < -0.3 is 10.1 Å². The number of ketones is 1. The van der Waals surface area contributed by atoms with E-state index in [0.29, 0.717) is 11.1 Å². The molecule has 0 aliphatic heterocycles. The van der Waals surface area contributed by atoms with Crippen LogP contribution in [-0.2, 0) is 6.54 Å². The third-order valence-electron chi connectivity index (χ3n) is 2.33. The zero-order valence-electron chi connectivity index (χ0n) is 9.55. The van der Waals surface area contributed by atoms with Crippen molar-refractivity contribution >= 4 is 11.7 Å². The van der Waals surface area contributed by atoms with Gasteiger partial charge in [-0.05, 0) is 17.1 Å². The van der Waals surface area contributed by atoms with E-state index in [4.69, 9.17) is 5.26 Å². The van der Waals surface area contributed by atoms with Crippen LogP contribution in [0.1, 0.15) is 15.9 Å². The maximum Gasteiger partial charge on any atom is 0.490 e. The summed E-state index contributed by atoms with van der Waals surface area (Å²) >= 11 is 0. The second-order valence-electron chi connectivity index (χ2n) is 3.61. The Labute approximate surface area is 107 Å². The normalized spacial score (nSPS) is 9.84. The first-order chi connectivity index (χ1) is 9.10. The zero-order chi connectivity index (χ0) is 13.8. The van der Waals surface area contributed by atoms with Crippen LogP contribution >= 0.6 is 0 Å². The van der Waals surface area contributed by atoms with E-state index in [1.54, 1.807) is 0 Å². The largest absolute Gasteiger partial charge is 0.490 e. The van der Waals surface area contributed by atoms with Gasteiger partial charge in [0.15, 0.2) is 5.78 Å². The first kappa shape index (κ1) is 12.4. The second kappa shape index (κ2) is 5.05. The molecule has 0 saturated heterocycles. The highest BCUT2D eigenvalue weighted by molar-refractivity contribution is 5.95. The molecule has 1 aromatic carbocycles. The SMILES string of the molecule is N#Cc1ccc(C(=O)Cn2cnc([N+](=O)[O-])n2)cc1. The van der Waals surface area contributed by atoms with E-state index in [2.05, 4.69) is 10.1 Å².